The molecular weight excluding hydrogens is 40.0 g/mol. The van der Waals surface area contributed by atoms with Crippen LogP contribution in [0.15, 0.2) is 0 Å². The summed E-state index contributed by atoms with van der Waals surface area (Å²) in [6, 6.07) is 0. The van der Waals surface area contributed by atoms with Crippen molar-refractivity contribution in [1.82, 2.24) is 0 Å². The summed E-state index contributed by atoms with van der Waals surface area (Å²) < 4.78 is 0. The molecule has 0 aliphatic carbocycles. The Morgan fingerprint density at radius 2 is 1.00 bits per heavy atom. The van der Waals surface area contributed by atoms with Crippen molar-refractivity contribution in [2.75, 3.05) is 0 Å². The molecule has 0 bridgehead atoms. The maximum atomic E-state index is 2.31. The van der Waals surface area contributed by atoms with Gasteiger partial charge < -0.3 is 0 Å². The topological polar surface area (TPSA) is 0 Å². The average Bonchev–Trinajstić information content (AvgIpc) is 0.811. The van der Waals surface area contributed by atoms with Crippen LogP contribution in [0.5, 0.6) is 0 Å². The van der Waals surface area contributed by atoms with E-state index in [4.69, 9.17) is 0 Å². The highest BCUT2D eigenvalue weighted by Crippen LogP contribution is 1.68. The Bertz CT molecular complexity index is 8.00. The largest absolute Gasteiger partial charge is 0.251 e. The molecule has 0 aromatic rings. The fourth-order valence-corrected chi connectivity index (χ4v) is 0. The summed E-state index contributed by atoms with van der Waals surface area (Å²) >= 11 is -0.139. The zero-order valence-electron chi connectivity index (χ0n) is 3.58. The second kappa shape index (κ2) is 1.82. The minimum atomic E-state index is -0.139. The molecule has 0 rings (SSSR count). The van der Waals surface area contributed by atoms with Gasteiger partial charge in [-0.15, -0.1) is 17.4 Å². The summed E-state index contributed by atoms with van der Waals surface area (Å²) in [6.07, 6.45) is 0. The molecule has 0 N–H and O–H groups in total. The maximum absolute atomic E-state index is 2.31. The summed E-state index contributed by atoms with van der Waals surface area (Å²) in [5, 5.41) is 0. The standard InChI is InChI=1S/3CH3.Al/h3*1H3;/i;;;1-23. The molecule has 0 unspecified atom stereocenters. The van der Waals surface area contributed by atoms with Crippen molar-refractivity contribution in [2.24, 2.45) is 0 Å². The monoisotopic (exact) mass is 49.1 g/mol. The van der Waals surface area contributed by atoms with Gasteiger partial charge in [-0.05, 0) is 0 Å². The van der Waals surface area contributed by atoms with Crippen LogP contribution in [0.25, 0.3) is 0 Å². The van der Waals surface area contributed by atoms with E-state index in [-0.39, 0.29) is 14.1 Å². The van der Waals surface area contributed by atoms with Crippen molar-refractivity contribution < 1.29 is 0 Å². The lowest BCUT2D eigenvalue weighted by Gasteiger charge is -1.67. The van der Waals surface area contributed by atoms with Gasteiger partial charge in [0.15, 0.2) is 0 Å². The Morgan fingerprint density at radius 1 is 1.00 bits per heavy atom. The Labute approximate surface area is 32.2 Å². The Hall–Kier alpha value is 0.532. The predicted octanol–water partition coefficient (Wildman–Crippen LogP) is 1.37. The van der Waals surface area contributed by atoms with E-state index in [0.717, 1.165) is 0 Å². The van der Waals surface area contributed by atoms with Crippen molar-refractivity contribution in [1.29, 1.82) is 0 Å². The third-order valence-electron chi connectivity index (χ3n) is 0. The number of hydrogen-bond acceptors (Lipinski definition) is 0. The zero-order valence-corrected chi connectivity index (χ0v) is 4.73. The van der Waals surface area contributed by atoms with Gasteiger partial charge in [0.2, 0.25) is 0 Å². The van der Waals surface area contributed by atoms with E-state index < -0.39 is 0 Å². The molecule has 4 heavy (non-hydrogen) atoms. The van der Waals surface area contributed by atoms with E-state index in [9.17, 15) is 0 Å². The van der Waals surface area contributed by atoms with Crippen LogP contribution in [-0.2, 0) is 0 Å². The summed E-state index contributed by atoms with van der Waals surface area (Å²) in [5.74, 6) is 6.92. The minimum Gasteiger partial charge on any atom is -0.106 e. The SMILES string of the molecule is [CH3][4Al]([CH3])[CH3]. The van der Waals surface area contributed by atoms with Crippen molar-refractivity contribution in [3.05, 3.63) is 0 Å². The van der Waals surface area contributed by atoms with Crippen LogP contribution in [0.4, 0.5) is 0 Å². The first-order chi connectivity index (χ1) is 1.73. The highest BCUT2D eigenvalue weighted by atomic mass is 12.4. The van der Waals surface area contributed by atoms with Gasteiger partial charge in [0.1, 0.15) is 0 Å². The van der Waals surface area contributed by atoms with Crippen molar-refractivity contribution >= 4 is 14.1 Å². The van der Waals surface area contributed by atoms with E-state index in [0.29, 0.717) is 0 Å². The van der Waals surface area contributed by atoms with Crippen molar-refractivity contribution in [2.45, 2.75) is 17.4 Å². The second-order valence-electron chi connectivity index (χ2n) is 1.73. The smallest absolute Gasteiger partial charge is 0.106 e. The molecule has 1 heteroatoms. The first kappa shape index (κ1) is 4.53. The molecule has 0 aromatic heterocycles. The molecule has 0 amide bonds. The van der Waals surface area contributed by atoms with Crippen LogP contribution in [0, 0.1) is 0 Å². The lowest BCUT2D eigenvalue weighted by atomic mass is 3.64. The second-order valence-corrected chi connectivity index (χ2v) is 5.20. The fourth-order valence-electron chi connectivity index (χ4n) is 0. The highest BCUT2D eigenvalue weighted by molar-refractivity contribution is 6.54. The van der Waals surface area contributed by atoms with Crippen LogP contribution < -0.4 is 0 Å². The zero-order chi connectivity index (χ0) is 3.58. The van der Waals surface area contributed by atoms with Crippen LogP contribution >= 0.6 is 0 Å². The molecule has 0 nitrogen and oxygen atoms in total. The van der Waals surface area contributed by atoms with Gasteiger partial charge >= 0.3 is 0 Å². The molecule has 0 aliphatic heterocycles. The Kier molecular flexibility index (Phi) is 2.06. The van der Waals surface area contributed by atoms with Crippen LogP contribution in [0.3, 0.4) is 0 Å². The molecule has 0 radical (unpaired) electrons. The lowest BCUT2D eigenvalue weighted by molar-refractivity contribution is 1.91. The highest BCUT2D eigenvalue weighted by Gasteiger charge is 1.81. The molecule has 24 valence electrons. The Balaban J connectivity index is 2.32. The van der Waals surface area contributed by atoms with E-state index in [2.05, 4.69) is 17.4 Å². The molecule has 0 spiro atoms. The molecule has 0 heterocycles. The number of hydrogen-bond donors (Lipinski definition) is 0. The van der Waals surface area contributed by atoms with E-state index in [1.54, 1.807) is 0 Å². The molecule has 0 fully saturated rings. The summed E-state index contributed by atoms with van der Waals surface area (Å²) in [5.41, 5.74) is 0. The van der Waals surface area contributed by atoms with Crippen LogP contribution in [0.1, 0.15) is 0 Å². The molecule has 0 atom stereocenters. The van der Waals surface area contributed by atoms with Gasteiger partial charge in [-0.1, -0.05) is 0 Å². The van der Waals surface area contributed by atoms with Crippen LogP contribution in [0.2, 0.25) is 17.4 Å². The normalized spacial score (nSPS) is 6.75. The quantitative estimate of drug-likeness (QED) is 0.363. The van der Waals surface area contributed by atoms with E-state index >= 15 is 0 Å². The van der Waals surface area contributed by atoms with Gasteiger partial charge in [0, 0.05) is 0 Å². The third-order valence-corrected chi connectivity index (χ3v) is 0. The predicted molar refractivity (Wildman–Crippen MR) is 23.3 cm³/mol. The molecule has 0 saturated carbocycles. The molecule has 0 aliphatic rings. The van der Waals surface area contributed by atoms with E-state index in [1.807, 2.05) is 0 Å². The number of rotatable bonds is 0. The van der Waals surface area contributed by atoms with Gasteiger partial charge in [0.25, 0.3) is 14.1 Å². The van der Waals surface area contributed by atoms with Gasteiger partial charge in [-0.25, -0.2) is 0 Å². The van der Waals surface area contributed by atoms with Gasteiger partial charge in [0.05, 0.1) is 0 Å². The molecule has 0 aromatic carbocycles. The van der Waals surface area contributed by atoms with Crippen molar-refractivity contribution in [3.8, 4) is 0 Å². The van der Waals surface area contributed by atoms with Gasteiger partial charge in [-0.2, -0.15) is 0 Å². The molecular formula is C3H9Al. The average molecular weight is 49.1 g/mol. The minimum absolute atomic E-state index is 0.139. The maximum Gasteiger partial charge on any atom is 0.251 e. The Morgan fingerprint density at radius 3 is 1.00 bits per heavy atom. The third kappa shape index (κ3) is 21.0. The fraction of sp³-hybridized carbons (Fsp3) is 1.00. The summed E-state index contributed by atoms with van der Waals surface area (Å²) in [7, 11) is 0. The van der Waals surface area contributed by atoms with Crippen molar-refractivity contribution in [3.63, 3.8) is 0 Å². The molecule has 0 saturated heterocycles. The first-order valence-corrected chi connectivity index (χ1v) is 5.20. The van der Waals surface area contributed by atoms with Crippen LogP contribution in [-0.4, -0.2) is 14.1 Å². The lowest BCUT2D eigenvalue weighted by Crippen LogP contribution is -1.84. The first-order valence-electron chi connectivity index (χ1n) is 1.73. The van der Waals surface area contributed by atoms with Gasteiger partial charge in [-0.3, -0.25) is 0 Å². The summed E-state index contributed by atoms with van der Waals surface area (Å²) in [4.78, 5) is 0. The van der Waals surface area contributed by atoms with E-state index in [1.165, 1.54) is 0 Å². The summed E-state index contributed by atoms with van der Waals surface area (Å²) in [6.45, 7) is 0.